The first-order valence-corrected chi connectivity index (χ1v) is 7.80. The van der Waals surface area contributed by atoms with Crippen molar-refractivity contribution in [2.45, 2.75) is 26.4 Å². The summed E-state index contributed by atoms with van der Waals surface area (Å²) in [4.78, 5) is 19.2. The second-order valence-corrected chi connectivity index (χ2v) is 5.95. The third-order valence-corrected chi connectivity index (χ3v) is 4.29. The van der Waals surface area contributed by atoms with E-state index in [0.29, 0.717) is 12.2 Å². The number of aryl methyl sites for hydroxylation is 1. The highest BCUT2D eigenvalue weighted by Gasteiger charge is 2.13. The normalized spacial score (nSPS) is 12.7. The molecule has 1 atom stereocenters. The van der Waals surface area contributed by atoms with Crippen LogP contribution >= 0.6 is 0 Å². The third-order valence-electron chi connectivity index (χ3n) is 4.29. The van der Waals surface area contributed by atoms with Gasteiger partial charge in [0.05, 0.1) is 5.69 Å². The number of pyridine rings is 1. The van der Waals surface area contributed by atoms with Gasteiger partial charge in [0.15, 0.2) is 0 Å². The van der Waals surface area contributed by atoms with Crippen molar-refractivity contribution < 1.29 is 0 Å². The Kier molecular flexibility index (Phi) is 4.26. The molecular weight excluding hydrogens is 286 g/mol. The fourth-order valence-electron chi connectivity index (χ4n) is 2.82. The van der Waals surface area contributed by atoms with Gasteiger partial charge in [-0.1, -0.05) is 36.4 Å². The maximum absolute atomic E-state index is 12.3. The van der Waals surface area contributed by atoms with Crippen LogP contribution in [0.25, 0.3) is 5.65 Å². The summed E-state index contributed by atoms with van der Waals surface area (Å²) in [5.41, 5.74) is 3.63. The first-order valence-electron chi connectivity index (χ1n) is 7.80. The van der Waals surface area contributed by atoms with Crippen LogP contribution in [0.1, 0.15) is 29.9 Å². The lowest BCUT2D eigenvalue weighted by molar-refractivity contribution is 0.250. The van der Waals surface area contributed by atoms with Crippen LogP contribution in [0.5, 0.6) is 0 Å². The highest BCUT2D eigenvalue weighted by molar-refractivity contribution is 5.40. The Hall–Kier alpha value is -2.46. The number of benzene rings is 1. The molecule has 0 aliphatic carbocycles. The molecule has 2 aromatic heterocycles. The van der Waals surface area contributed by atoms with E-state index < -0.39 is 0 Å². The van der Waals surface area contributed by atoms with Crippen molar-refractivity contribution in [2.24, 2.45) is 0 Å². The fraction of sp³-hybridized carbons (Fsp3) is 0.263. The molecule has 2 heterocycles. The van der Waals surface area contributed by atoms with Gasteiger partial charge in [-0.3, -0.25) is 14.1 Å². The van der Waals surface area contributed by atoms with Gasteiger partial charge in [0.25, 0.3) is 5.56 Å². The molecule has 0 radical (unpaired) electrons. The van der Waals surface area contributed by atoms with E-state index in [1.54, 1.807) is 10.5 Å². The maximum atomic E-state index is 12.3. The Labute approximate surface area is 136 Å². The Morgan fingerprint density at radius 1 is 1.13 bits per heavy atom. The van der Waals surface area contributed by atoms with E-state index in [1.807, 2.05) is 43.3 Å². The fourth-order valence-corrected chi connectivity index (χ4v) is 2.82. The molecule has 0 fully saturated rings. The summed E-state index contributed by atoms with van der Waals surface area (Å²) >= 11 is 0. The van der Waals surface area contributed by atoms with Crippen molar-refractivity contribution in [2.75, 3.05) is 7.05 Å². The standard InChI is InChI=1S/C19H21N3O/c1-14-8-7-11-18-20-17(12-19(23)22(14)18)13-21(3)15(2)16-9-5-4-6-10-16/h4-12,15H,13H2,1-3H3/t15-/m1/s1. The first-order chi connectivity index (χ1) is 11.1. The van der Waals surface area contributed by atoms with E-state index >= 15 is 0 Å². The van der Waals surface area contributed by atoms with Gasteiger partial charge < -0.3 is 0 Å². The Balaban J connectivity index is 1.88. The monoisotopic (exact) mass is 307 g/mol. The van der Waals surface area contributed by atoms with E-state index in [2.05, 4.69) is 36.0 Å². The van der Waals surface area contributed by atoms with Gasteiger partial charge >= 0.3 is 0 Å². The minimum Gasteiger partial charge on any atom is -0.294 e. The van der Waals surface area contributed by atoms with E-state index in [9.17, 15) is 4.79 Å². The molecule has 1 aromatic carbocycles. The molecule has 0 aliphatic rings. The summed E-state index contributed by atoms with van der Waals surface area (Å²) in [5.74, 6) is 0. The molecule has 4 nitrogen and oxygen atoms in total. The smallest absolute Gasteiger partial charge is 0.258 e. The Morgan fingerprint density at radius 2 is 1.87 bits per heavy atom. The van der Waals surface area contributed by atoms with Crippen LogP contribution in [0.15, 0.2) is 59.4 Å². The maximum Gasteiger partial charge on any atom is 0.258 e. The van der Waals surface area contributed by atoms with Crippen LogP contribution < -0.4 is 5.56 Å². The van der Waals surface area contributed by atoms with Crippen LogP contribution in [-0.4, -0.2) is 21.3 Å². The lowest BCUT2D eigenvalue weighted by Gasteiger charge is -2.24. The summed E-state index contributed by atoms with van der Waals surface area (Å²) in [5, 5.41) is 0. The largest absolute Gasteiger partial charge is 0.294 e. The zero-order valence-electron chi connectivity index (χ0n) is 13.7. The van der Waals surface area contributed by atoms with Crippen molar-refractivity contribution >= 4 is 5.65 Å². The minimum atomic E-state index is -0.0242. The number of fused-ring (bicyclic) bond motifs is 1. The molecular formula is C19H21N3O. The van der Waals surface area contributed by atoms with Crippen molar-refractivity contribution in [1.82, 2.24) is 14.3 Å². The number of nitrogens with zero attached hydrogens (tertiary/aromatic N) is 3. The molecule has 0 unspecified atom stereocenters. The van der Waals surface area contributed by atoms with Gasteiger partial charge in [-0.25, -0.2) is 4.98 Å². The van der Waals surface area contributed by atoms with Crippen molar-refractivity contribution in [3.63, 3.8) is 0 Å². The summed E-state index contributed by atoms with van der Waals surface area (Å²) in [6.07, 6.45) is 0. The van der Waals surface area contributed by atoms with E-state index in [1.165, 1.54) is 5.56 Å². The number of hydrogen-bond acceptors (Lipinski definition) is 3. The molecule has 0 N–H and O–H groups in total. The number of aromatic nitrogens is 2. The molecule has 0 bridgehead atoms. The van der Waals surface area contributed by atoms with Crippen LogP contribution in [0.3, 0.4) is 0 Å². The summed E-state index contributed by atoms with van der Waals surface area (Å²) in [6, 6.07) is 18.0. The van der Waals surface area contributed by atoms with Gasteiger partial charge in [-0.15, -0.1) is 0 Å². The third kappa shape index (κ3) is 3.17. The molecule has 0 amide bonds. The summed E-state index contributed by atoms with van der Waals surface area (Å²) in [6.45, 7) is 4.71. The van der Waals surface area contributed by atoms with Crippen LogP contribution in [-0.2, 0) is 6.54 Å². The molecule has 0 spiro atoms. The molecule has 23 heavy (non-hydrogen) atoms. The predicted octanol–water partition coefficient (Wildman–Crippen LogP) is 3.20. The molecule has 3 aromatic rings. The first kappa shape index (κ1) is 15.4. The van der Waals surface area contributed by atoms with Crippen LogP contribution in [0.4, 0.5) is 0 Å². The van der Waals surface area contributed by atoms with Crippen LogP contribution in [0, 0.1) is 6.92 Å². The average Bonchev–Trinajstić information content (AvgIpc) is 2.54. The highest BCUT2D eigenvalue weighted by atomic mass is 16.1. The molecule has 3 rings (SSSR count). The minimum absolute atomic E-state index is 0.0242. The second kappa shape index (κ2) is 6.34. The summed E-state index contributed by atoms with van der Waals surface area (Å²) < 4.78 is 1.64. The molecule has 4 heteroatoms. The van der Waals surface area contributed by atoms with E-state index in [-0.39, 0.29) is 11.6 Å². The summed E-state index contributed by atoms with van der Waals surface area (Å²) in [7, 11) is 2.05. The number of hydrogen-bond donors (Lipinski definition) is 0. The van der Waals surface area contributed by atoms with Crippen LogP contribution in [0.2, 0.25) is 0 Å². The van der Waals surface area contributed by atoms with E-state index in [4.69, 9.17) is 0 Å². The van der Waals surface area contributed by atoms with Gasteiger partial charge in [0, 0.05) is 24.3 Å². The van der Waals surface area contributed by atoms with Gasteiger partial charge in [0.1, 0.15) is 5.65 Å². The zero-order chi connectivity index (χ0) is 16.4. The zero-order valence-corrected chi connectivity index (χ0v) is 13.7. The van der Waals surface area contributed by atoms with Crippen molar-refractivity contribution in [3.05, 3.63) is 81.9 Å². The van der Waals surface area contributed by atoms with Gasteiger partial charge in [-0.05, 0) is 38.6 Å². The van der Waals surface area contributed by atoms with Crippen molar-refractivity contribution in [3.8, 4) is 0 Å². The Bertz CT molecular complexity index is 871. The molecule has 118 valence electrons. The lowest BCUT2D eigenvalue weighted by Crippen LogP contribution is -2.25. The predicted molar refractivity (Wildman–Crippen MR) is 92.5 cm³/mol. The SMILES string of the molecule is Cc1cccc2nc(CN(C)[C@H](C)c3ccccc3)cc(=O)n12. The molecule has 0 saturated heterocycles. The Morgan fingerprint density at radius 3 is 2.61 bits per heavy atom. The number of rotatable bonds is 4. The van der Waals surface area contributed by atoms with E-state index in [0.717, 1.165) is 11.4 Å². The molecule has 0 aliphatic heterocycles. The van der Waals surface area contributed by atoms with Crippen molar-refractivity contribution in [1.29, 1.82) is 0 Å². The lowest BCUT2D eigenvalue weighted by atomic mass is 10.1. The van der Waals surface area contributed by atoms with Gasteiger partial charge in [0.2, 0.25) is 0 Å². The quantitative estimate of drug-likeness (QED) is 0.743. The topological polar surface area (TPSA) is 37.6 Å². The highest BCUT2D eigenvalue weighted by Crippen LogP contribution is 2.19. The molecule has 0 saturated carbocycles. The average molecular weight is 307 g/mol. The second-order valence-electron chi connectivity index (χ2n) is 5.95. The van der Waals surface area contributed by atoms with Gasteiger partial charge in [-0.2, -0.15) is 0 Å².